The monoisotopic (exact) mass is 247 g/mol. The molecule has 1 aromatic carbocycles. The molecule has 0 amide bonds. The van der Waals surface area contributed by atoms with Crippen molar-refractivity contribution in [1.29, 1.82) is 0 Å². The van der Waals surface area contributed by atoms with Crippen molar-refractivity contribution >= 4 is 23.2 Å². The summed E-state index contributed by atoms with van der Waals surface area (Å²) < 4.78 is 5.43. The first-order valence-electron chi connectivity index (χ1n) is 4.83. The van der Waals surface area contributed by atoms with Gasteiger partial charge in [0.15, 0.2) is 0 Å². The highest BCUT2D eigenvalue weighted by atomic mass is 35.5. The molecule has 84 valence electrons. The molecule has 2 N–H and O–H groups in total. The van der Waals surface area contributed by atoms with Gasteiger partial charge < -0.3 is 10.5 Å². The number of rotatable bonds is 4. The predicted molar refractivity (Wildman–Crippen MR) is 64.5 cm³/mol. The molecule has 0 heterocycles. The van der Waals surface area contributed by atoms with E-state index in [9.17, 15) is 0 Å². The van der Waals surface area contributed by atoms with Crippen molar-refractivity contribution in [3.05, 3.63) is 33.8 Å². The second-order valence-corrected chi connectivity index (χ2v) is 4.50. The lowest BCUT2D eigenvalue weighted by atomic mass is 10.1. The summed E-state index contributed by atoms with van der Waals surface area (Å²) in [5, 5.41) is 1.26. The van der Waals surface area contributed by atoms with E-state index >= 15 is 0 Å². The van der Waals surface area contributed by atoms with E-state index in [1.54, 1.807) is 18.2 Å². The van der Waals surface area contributed by atoms with Crippen LogP contribution in [0.4, 0.5) is 0 Å². The van der Waals surface area contributed by atoms with Gasteiger partial charge in [0.25, 0.3) is 0 Å². The van der Waals surface area contributed by atoms with Crippen molar-refractivity contribution in [1.82, 2.24) is 0 Å². The maximum atomic E-state index is 6.01. The van der Waals surface area contributed by atoms with Crippen molar-refractivity contribution in [2.24, 2.45) is 5.73 Å². The molecule has 0 aliphatic heterocycles. The molecule has 0 saturated heterocycles. The molecule has 0 aliphatic rings. The molecule has 0 bridgehead atoms. The minimum Gasteiger partial charge on any atom is -0.377 e. The molecule has 4 heteroatoms. The van der Waals surface area contributed by atoms with Crippen molar-refractivity contribution in [3.8, 4) is 0 Å². The Balaban J connectivity index is 2.72. The van der Waals surface area contributed by atoms with E-state index in [1.807, 2.05) is 13.8 Å². The molecule has 1 rings (SSSR count). The summed E-state index contributed by atoms with van der Waals surface area (Å²) >= 11 is 11.9. The molecule has 0 radical (unpaired) electrons. The Kier molecular flexibility index (Phi) is 4.87. The summed E-state index contributed by atoms with van der Waals surface area (Å²) in [7, 11) is 0. The van der Waals surface area contributed by atoms with Crippen molar-refractivity contribution in [2.45, 2.75) is 26.0 Å². The molecule has 2 nitrogen and oxygen atoms in total. The van der Waals surface area contributed by atoms with Crippen LogP contribution in [0.1, 0.15) is 25.5 Å². The molecule has 0 fully saturated rings. The van der Waals surface area contributed by atoms with Crippen LogP contribution in [0.3, 0.4) is 0 Å². The van der Waals surface area contributed by atoms with Crippen LogP contribution in [-0.2, 0) is 4.74 Å². The lowest BCUT2D eigenvalue weighted by Crippen LogP contribution is -2.19. The third kappa shape index (κ3) is 3.99. The Morgan fingerprint density at radius 2 is 2.00 bits per heavy atom. The van der Waals surface area contributed by atoms with Gasteiger partial charge >= 0.3 is 0 Å². The summed E-state index contributed by atoms with van der Waals surface area (Å²) in [6.07, 6.45) is 0.161. The number of hydrogen-bond acceptors (Lipinski definition) is 2. The molecule has 1 unspecified atom stereocenters. The zero-order chi connectivity index (χ0) is 11.4. The zero-order valence-corrected chi connectivity index (χ0v) is 10.3. The van der Waals surface area contributed by atoms with Crippen molar-refractivity contribution in [3.63, 3.8) is 0 Å². The third-order valence-electron chi connectivity index (χ3n) is 1.97. The Bertz CT molecular complexity index is 328. The second-order valence-electron chi connectivity index (χ2n) is 3.65. The van der Waals surface area contributed by atoms with Gasteiger partial charge in [-0.2, -0.15) is 0 Å². The number of hydrogen-bond donors (Lipinski definition) is 1. The second kappa shape index (κ2) is 5.71. The van der Waals surface area contributed by atoms with E-state index in [0.717, 1.165) is 5.56 Å². The van der Waals surface area contributed by atoms with Crippen LogP contribution in [-0.4, -0.2) is 12.7 Å². The van der Waals surface area contributed by atoms with E-state index < -0.39 is 0 Å². The molecule has 0 spiro atoms. The van der Waals surface area contributed by atoms with E-state index in [0.29, 0.717) is 16.7 Å². The van der Waals surface area contributed by atoms with E-state index in [4.69, 9.17) is 33.7 Å². The largest absolute Gasteiger partial charge is 0.377 e. The standard InChI is InChI=1S/C11H15Cl2NO/c1-7(2)15-6-11(14)9-5-8(12)3-4-10(9)13/h3-5,7,11H,6,14H2,1-2H3. The van der Waals surface area contributed by atoms with Crippen molar-refractivity contribution in [2.75, 3.05) is 6.61 Å². The van der Waals surface area contributed by atoms with Crippen LogP contribution in [0, 0.1) is 0 Å². The van der Waals surface area contributed by atoms with Crippen LogP contribution < -0.4 is 5.73 Å². The summed E-state index contributed by atoms with van der Waals surface area (Å²) in [6, 6.07) is 5.02. The molecule has 0 saturated carbocycles. The van der Waals surface area contributed by atoms with Gasteiger partial charge in [-0.3, -0.25) is 0 Å². The van der Waals surface area contributed by atoms with Gasteiger partial charge in [-0.25, -0.2) is 0 Å². The first-order valence-corrected chi connectivity index (χ1v) is 5.58. The Hall–Kier alpha value is -0.280. The predicted octanol–water partition coefficient (Wildman–Crippen LogP) is 3.42. The van der Waals surface area contributed by atoms with Gasteiger partial charge in [0.05, 0.1) is 18.8 Å². The first kappa shape index (κ1) is 12.8. The van der Waals surface area contributed by atoms with Crippen LogP contribution in [0.15, 0.2) is 18.2 Å². The lowest BCUT2D eigenvalue weighted by molar-refractivity contribution is 0.0683. The van der Waals surface area contributed by atoms with Crippen LogP contribution in [0.2, 0.25) is 10.0 Å². The maximum Gasteiger partial charge on any atom is 0.0663 e. The normalized spacial score (nSPS) is 13.2. The highest BCUT2D eigenvalue weighted by Gasteiger charge is 2.11. The molecule has 1 aromatic rings. The van der Waals surface area contributed by atoms with Gasteiger partial charge in [0.2, 0.25) is 0 Å². The lowest BCUT2D eigenvalue weighted by Gasteiger charge is -2.16. The molecule has 0 aliphatic carbocycles. The van der Waals surface area contributed by atoms with Crippen LogP contribution in [0.25, 0.3) is 0 Å². The summed E-state index contributed by atoms with van der Waals surface area (Å²) in [5.41, 5.74) is 6.77. The van der Waals surface area contributed by atoms with Gasteiger partial charge in [0, 0.05) is 10.0 Å². The summed E-state index contributed by atoms with van der Waals surface area (Å²) in [4.78, 5) is 0. The highest BCUT2D eigenvalue weighted by molar-refractivity contribution is 6.33. The molecule has 15 heavy (non-hydrogen) atoms. The third-order valence-corrected chi connectivity index (χ3v) is 2.55. The van der Waals surface area contributed by atoms with Crippen molar-refractivity contribution < 1.29 is 4.74 Å². The van der Waals surface area contributed by atoms with Gasteiger partial charge in [-0.05, 0) is 37.6 Å². The van der Waals surface area contributed by atoms with E-state index in [-0.39, 0.29) is 12.1 Å². The zero-order valence-electron chi connectivity index (χ0n) is 8.84. The number of halogens is 2. The molecular formula is C11H15Cl2NO. The fraction of sp³-hybridized carbons (Fsp3) is 0.455. The molecular weight excluding hydrogens is 233 g/mol. The van der Waals surface area contributed by atoms with Gasteiger partial charge in [0.1, 0.15) is 0 Å². The van der Waals surface area contributed by atoms with Crippen LogP contribution >= 0.6 is 23.2 Å². The average molecular weight is 248 g/mol. The highest BCUT2D eigenvalue weighted by Crippen LogP contribution is 2.25. The Morgan fingerprint density at radius 3 is 2.60 bits per heavy atom. The fourth-order valence-corrected chi connectivity index (χ4v) is 1.62. The minimum absolute atomic E-state index is 0.161. The van der Waals surface area contributed by atoms with E-state index in [2.05, 4.69) is 0 Å². The summed E-state index contributed by atoms with van der Waals surface area (Å²) in [5.74, 6) is 0. The first-order chi connectivity index (χ1) is 7.00. The quantitative estimate of drug-likeness (QED) is 0.886. The van der Waals surface area contributed by atoms with Crippen LogP contribution in [0.5, 0.6) is 0 Å². The molecule has 1 atom stereocenters. The fourth-order valence-electron chi connectivity index (χ4n) is 1.18. The average Bonchev–Trinajstić information content (AvgIpc) is 2.18. The number of ether oxygens (including phenoxy) is 1. The Morgan fingerprint density at radius 1 is 1.33 bits per heavy atom. The summed E-state index contributed by atoms with van der Waals surface area (Å²) in [6.45, 7) is 4.37. The van der Waals surface area contributed by atoms with Gasteiger partial charge in [-0.1, -0.05) is 23.2 Å². The van der Waals surface area contributed by atoms with E-state index in [1.165, 1.54) is 0 Å². The molecule has 0 aromatic heterocycles. The number of benzene rings is 1. The Labute approximate surface area is 100 Å². The topological polar surface area (TPSA) is 35.2 Å². The smallest absolute Gasteiger partial charge is 0.0663 e. The number of nitrogens with two attached hydrogens (primary N) is 1. The maximum absolute atomic E-state index is 6.01. The SMILES string of the molecule is CC(C)OCC(N)c1cc(Cl)ccc1Cl. The van der Waals surface area contributed by atoms with Gasteiger partial charge in [-0.15, -0.1) is 0 Å². The minimum atomic E-state index is -0.237.